The standard InChI is InChI=1S/C17H16O3/c1-17(2,20)16(19)14-10-6-9-13(11-14)15(18)12-7-4-3-5-8-12/h3-11,20H,1-2H3. The fourth-order valence-corrected chi connectivity index (χ4v) is 1.91. The number of ketones is 2. The minimum absolute atomic E-state index is 0.143. The maximum absolute atomic E-state index is 12.3. The second-order valence-corrected chi connectivity index (χ2v) is 5.16. The molecular weight excluding hydrogens is 252 g/mol. The Hall–Kier alpha value is -2.26. The molecule has 0 aliphatic heterocycles. The van der Waals surface area contributed by atoms with E-state index >= 15 is 0 Å². The molecule has 0 aliphatic carbocycles. The van der Waals surface area contributed by atoms with Gasteiger partial charge in [-0.25, -0.2) is 0 Å². The van der Waals surface area contributed by atoms with Crippen LogP contribution in [0, 0.1) is 0 Å². The van der Waals surface area contributed by atoms with E-state index < -0.39 is 11.4 Å². The number of carbonyl (C=O) groups is 2. The van der Waals surface area contributed by atoms with Gasteiger partial charge in [0, 0.05) is 16.7 Å². The minimum atomic E-state index is -1.45. The van der Waals surface area contributed by atoms with Crippen molar-refractivity contribution in [2.24, 2.45) is 0 Å². The van der Waals surface area contributed by atoms with Crippen molar-refractivity contribution in [3.63, 3.8) is 0 Å². The van der Waals surface area contributed by atoms with Crippen LogP contribution in [-0.2, 0) is 0 Å². The van der Waals surface area contributed by atoms with Crippen LogP contribution in [0.5, 0.6) is 0 Å². The van der Waals surface area contributed by atoms with Gasteiger partial charge in [0.15, 0.2) is 11.6 Å². The summed E-state index contributed by atoms with van der Waals surface area (Å²) >= 11 is 0. The van der Waals surface area contributed by atoms with Gasteiger partial charge in [0.2, 0.25) is 0 Å². The van der Waals surface area contributed by atoms with E-state index in [9.17, 15) is 14.7 Å². The fourth-order valence-electron chi connectivity index (χ4n) is 1.91. The van der Waals surface area contributed by atoms with Crippen LogP contribution in [-0.4, -0.2) is 22.3 Å². The van der Waals surface area contributed by atoms with Crippen LogP contribution in [0.3, 0.4) is 0 Å². The molecular formula is C17H16O3. The molecule has 0 aliphatic rings. The smallest absolute Gasteiger partial charge is 0.193 e. The molecule has 0 saturated heterocycles. The first-order valence-corrected chi connectivity index (χ1v) is 6.36. The second kappa shape index (κ2) is 5.39. The first kappa shape index (κ1) is 14.2. The lowest BCUT2D eigenvalue weighted by Gasteiger charge is -2.15. The van der Waals surface area contributed by atoms with E-state index in [2.05, 4.69) is 0 Å². The summed E-state index contributed by atoms with van der Waals surface area (Å²) in [4.78, 5) is 24.3. The van der Waals surface area contributed by atoms with Crippen LogP contribution in [0.25, 0.3) is 0 Å². The summed E-state index contributed by atoms with van der Waals surface area (Å²) in [6.45, 7) is 2.86. The molecule has 0 aromatic heterocycles. The molecule has 0 bridgehead atoms. The minimum Gasteiger partial charge on any atom is -0.382 e. The van der Waals surface area contributed by atoms with Gasteiger partial charge in [-0.05, 0) is 19.9 Å². The summed E-state index contributed by atoms with van der Waals surface area (Å²) in [5.41, 5.74) is -0.111. The highest BCUT2D eigenvalue weighted by molar-refractivity contribution is 6.11. The molecule has 0 atom stereocenters. The summed E-state index contributed by atoms with van der Waals surface area (Å²) in [7, 11) is 0. The highest BCUT2D eigenvalue weighted by Crippen LogP contribution is 2.16. The average molecular weight is 268 g/mol. The number of rotatable bonds is 4. The molecule has 0 saturated carbocycles. The lowest BCUT2D eigenvalue weighted by Crippen LogP contribution is -2.31. The Bertz CT molecular complexity index is 637. The van der Waals surface area contributed by atoms with Gasteiger partial charge in [0.25, 0.3) is 0 Å². The third kappa shape index (κ3) is 3.00. The molecule has 0 radical (unpaired) electrons. The molecule has 2 aromatic rings. The van der Waals surface area contributed by atoms with Crippen molar-refractivity contribution in [1.82, 2.24) is 0 Å². The van der Waals surface area contributed by atoms with Crippen LogP contribution in [0.1, 0.15) is 40.1 Å². The molecule has 0 amide bonds. The van der Waals surface area contributed by atoms with Gasteiger partial charge in [0.05, 0.1) is 0 Å². The van der Waals surface area contributed by atoms with E-state index in [0.717, 1.165) is 0 Å². The van der Waals surface area contributed by atoms with Crippen molar-refractivity contribution in [3.8, 4) is 0 Å². The number of hydrogen-bond donors (Lipinski definition) is 1. The SMILES string of the molecule is CC(C)(O)C(=O)c1cccc(C(=O)c2ccccc2)c1. The molecule has 102 valence electrons. The summed E-state index contributed by atoms with van der Waals surface area (Å²) in [5.74, 6) is -0.545. The summed E-state index contributed by atoms with van der Waals surface area (Å²) in [6, 6.07) is 15.3. The van der Waals surface area contributed by atoms with Crippen LogP contribution < -0.4 is 0 Å². The molecule has 3 heteroatoms. The summed E-state index contributed by atoms with van der Waals surface area (Å²) < 4.78 is 0. The molecule has 1 N–H and O–H groups in total. The van der Waals surface area contributed by atoms with Gasteiger partial charge in [-0.1, -0.05) is 48.5 Å². The van der Waals surface area contributed by atoms with E-state index in [1.54, 1.807) is 42.5 Å². The van der Waals surface area contributed by atoms with Crippen molar-refractivity contribution in [1.29, 1.82) is 0 Å². The number of Topliss-reactive ketones (excluding diaryl/α,β-unsaturated/α-hetero) is 1. The predicted octanol–water partition coefficient (Wildman–Crippen LogP) is 2.87. The Labute approximate surface area is 117 Å². The lowest BCUT2D eigenvalue weighted by molar-refractivity contribution is 0.0488. The van der Waals surface area contributed by atoms with Crippen molar-refractivity contribution in [2.75, 3.05) is 0 Å². The molecule has 0 unspecified atom stereocenters. The number of carbonyl (C=O) groups excluding carboxylic acids is 2. The van der Waals surface area contributed by atoms with Crippen LogP contribution >= 0.6 is 0 Å². The molecule has 0 heterocycles. The fraction of sp³-hybridized carbons (Fsp3) is 0.176. The largest absolute Gasteiger partial charge is 0.382 e. The van der Waals surface area contributed by atoms with Crippen molar-refractivity contribution in [3.05, 3.63) is 71.3 Å². The van der Waals surface area contributed by atoms with E-state index in [-0.39, 0.29) is 5.78 Å². The van der Waals surface area contributed by atoms with Crippen molar-refractivity contribution >= 4 is 11.6 Å². The van der Waals surface area contributed by atoms with E-state index in [1.165, 1.54) is 19.9 Å². The number of hydrogen-bond acceptors (Lipinski definition) is 3. The Morgan fingerprint density at radius 1 is 0.850 bits per heavy atom. The van der Waals surface area contributed by atoms with Crippen LogP contribution in [0.2, 0.25) is 0 Å². The molecule has 2 aromatic carbocycles. The van der Waals surface area contributed by atoms with Gasteiger partial charge in [-0.15, -0.1) is 0 Å². The Morgan fingerprint density at radius 2 is 1.40 bits per heavy atom. The quantitative estimate of drug-likeness (QED) is 0.867. The summed E-state index contributed by atoms with van der Waals surface area (Å²) in [5, 5.41) is 9.75. The maximum Gasteiger partial charge on any atom is 0.193 e. The normalized spacial score (nSPS) is 11.2. The van der Waals surface area contributed by atoms with Gasteiger partial charge in [-0.3, -0.25) is 9.59 Å². The summed E-state index contributed by atoms with van der Waals surface area (Å²) in [6.07, 6.45) is 0. The molecule has 3 nitrogen and oxygen atoms in total. The highest BCUT2D eigenvalue weighted by Gasteiger charge is 2.25. The highest BCUT2D eigenvalue weighted by atomic mass is 16.3. The zero-order valence-electron chi connectivity index (χ0n) is 11.5. The van der Waals surface area contributed by atoms with Gasteiger partial charge in [-0.2, -0.15) is 0 Å². The zero-order chi connectivity index (χ0) is 14.8. The zero-order valence-corrected chi connectivity index (χ0v) is 11.5. The molecule has 0 spiro atoms. The van der Waals surface area contributed by atoms with Gasteiger partial charge >= 0.3 is 0 Å². The number of benzene rings is 2. The predicted molar refractivity (Wildman–Crippen MR) is 76.9 cm³/mol. The first-order chi connectivity index (χ1) is 9.39. The number of aliphatic hydroxyl groups is 1. The monoisotopic (exact) mass is 268 g/mol. The third-order valence-electron chi connectivity index (χ3n) is 2.98. The average Bonchev–Trinajstić information content (AvgIpc) is 2.46. The van der Waals surface area contributed by atoms with Crippen LogP contribution in [0.4, 0.5) is 0 Å². The van der Waals surface area contributed by atoms with E-state index in [4.69, 9.17) is 0 Å². The first-order valence-electron chi connectivity index (χ1n) is 6.36. The third-order valence-corrected chi connectivity index (χ3v) is 2.98. The van der Waals surface area contributed by atoms with E-state index in [0.29, 0.717) is 16.7 Å². The Balaban J connectivity index is 2.36. The molecule has 20 heavy (non-hydrogen) atoms. The van der Waals surface area contributed by atoms with Crippen molar-refractivity contribution in [2.45, 2.75) is 19.4 Å². The van der Waals surface area contributed by atoms with E-state index in [1.807, 2.05) is 6.07 Å². The Kier molecular flexibility index (Phi) is 3.81. The maximum atomic E-state index is 12.3. The molecule has 0 fully saturated rings. The van der Waals surface area contributed by atoms with Crippen LogP contribution in [0.15, 0.2) is 54.6 Å². The van der Waals surface area contributed by atoms with Gasteiger partial charge in [0.1, 0.15) is 5.60 Å². The topological polar surface area (TPSA) is 54.4 Å². The van der Waals surface area contributed by atoms with Gasteiger partial charge < -0.3 is 5.11 Å². The second-order valence-electron chi connectivity index (χ2n) is 5.16. The van der Waals surface area contributed by atoms with Crippen molar-refractivity contribution < 1.29 is 14.7 Å². The Morgan fingerprint density at radius 3 is 2.00 bits per heavy atom. The molecule has 2 rings (SSSR count). The lowest BCUT2D eigenvalue weighted by atomic mass is 9.94.